The van der Waals surface area contributed by atoms with E-state index in [9.17, 15) is 9.90 Å². The van der Waals surface area contributed by atoms with Crippen molar-refractivity contribution in [3.8, 4) is 11.6 Å². The molecule has 4 nitrogen and oxygen atoms in total. The average molecular weight is 357 g/mol. The number of aromatic nitrogens is 1. The number of aliphatic hydroxyl groups excluding tert-OH is 1. The number of hydrogen-bond acceptors (Lipinski definition) is 5. The van der Waals surface area contributed by atoms with Gasteiger partial charge in [-0.05, 0) is 68.2 Å². The fourth-order valence-corrected chi connectivity index (χ4v) is 3.63. The number of nitrogens with zero attached hydrogens (tertiary/aromatic N) is 1. The third kappa shape index (κ3) is 4.83. The zero-order valence-corrected chi connectivity index (χ0v) is 15.2. The molecule has 2 aromatic rings. The lowest BCUT2D eigenvalue weighted by Crippen LogP contribution is -2.20. The first-order valence-electron chi connectivity index (χ1n) is 8.64. The van der Waals surface area contributed by atoms with Gasteiger partial charge in [0.15, 0.2) is 5.78 Å². The van der Waals surface area contributed by atoms with E-state index in [0.29, 0.717) is 29.5 Å². The number of pyridine rings is 1. The van der Waals surface area contributed by atoms with Crippen LogP contribution in [0.25, 0.3) is 0 Å². The van der Waals surface area contributed by atoms with Crippen molar-refractivity contribution in [2.24, 2.45) is 5.92 Å². The van der Waals surface area contributed by atoms with Gasteiger partial charge in [-0.1, -0.05) is 6.07 Å². The summed E-state index contributed by atoms with van der Waals surface area (Å²) in [5.41, 5.74) is 0.531. The number of carbonyl (C=O) groups is 1. The minimum Gasteiger partial charge on any atom is -0.438 e. The van der Waals surface area contributed by atoms with Gasteiger partial charge in [-0.25, -0.2) is 4.98 Å². The maximum atomic E-state index is 12.7. The minimum absolute atomic E-state index is 0.0607. The van der Waals surface area contributed by atoms with E-state index in [1.165, 1.54) is 0 Å². The summed E-state index contributed by atoms with van der Waals surface area (Å²) in [4.78, 5) is 18.1. The number of aliphatic hydroxyl groups is 1. The molecule has 0 atom stereocenters. The molecule has 3 rings (SSSR count). The summed E-state index contributed by atoms with van der Waals surface area (Å²) < 4.78 is 5.89. The largest absolute Gasteiger partial charge is 0.438 e. The van der Waals surface area contributed by atoms with Crippen LogP contribution in [-0.4, -0.2) is 28.2 Å². The van der Waals surface area contributed by atoms with Crippen LogP contribution in [0.2, 0.25) is 0 Å². The lowest BCUT2D eigenvalue weighted by molar-refractivity contribution is 0.0857. The molecule has 132 valence electrons. The van der Waals surface area contributed by atoms with E-state index in [-0.39, 0.29) is 11.9 Å². The standard InChI is InChI=1S/C20H23NO3S/c1-25-17-5-2-4-16(13-17)24-20-18(6-3-11-21-20)19(23)12-14-7-9-15(22)10-8-14/h2-6,11,13-15,22H,7-10,12H2,1H3. The Morgan fingerprint density at radius 2 is 2.04 bits per heavy atom. The predicted molar refractivity (Wildman–Crippen MR) is 99.4 cm³/mol. The second-order valence-electron chi connectivity index (χ2n) is 6.44. The van der Waals surface area contributed by atoms with Crippen molar-refractivity contribution >= 4 is 17.5 Å². The molecular weight excluding hydrogens is 334 g/mol. The van der Waals surface area contributed by atoms with Crippen LogP contribution in [0.3, 0.4) is 0 Å². The van der Waals surface area contributed by atoms with Crippen molar-refractivity contribution in [1.82, 2.24) is 4.98 Å². The van der Waals surface area contributed by atoms with Gasteiger partial charge in [0.2, 0.25) is 5.88 Å². The molecule has 0 radical (unpaired) electrons. The van der Waals surface area contributed by atoms with Crippen LogP contribution in [-0.2, 0) is 0 Å². The molecule has 25 heavy (non-hydrogen) atoms. The van der Waals surface area contributed by atoms with Gasteiger partial charge in [0.25, 0.3) is 0 Å². The van der Waals surface area contributed by atoms with Crippen molar-refractivity contribution in [2.45, 2.75) is 43.1 Å². The van der Waals surface area contributed by atoms with Crippen LogP contribution in [0, 0.1) is 5.92 Å². The Balaban J connectivity index is 1.72. The van der Waals surface area contributed by atoms with E-state index in [1.54, 1.807) is 30.1 Å². The third-order valence-electron chi connectivity index (χ3n) is 4.62. The van der Waals surface area contributed by atoms with E-state index in [1.807, 2.05) is 30.5 Å². The van der Waals surface area contributed by atoms with Gasteiger partial charge < -0.3 is 9.84 Å². The Morgan fingerprint density at radius 3 is 2.80 bits per heavy atom. The summed E-state index contributed by atoms with van der Waals surface area (Å²) in [6.45, 7) is 0. The zero-order valence-electron chi connectivity index (χ0n) is 14.4. The first-order valence-corrected chi connectivity index (χ1v) is 9.86. The van der Waals surface area contributed by atoms with Crippen LogP contribution < -0.4 is 4.74 Å². The lowest BCUT2D eigenvalue weighted by atomic mass is 9.83. The summed E-state index contributed by atoms with van der Waals surface area (Å²) in [6.07, 6.45) is 7.31. The monoisotopic (exact) mass is 357 g/mol. The number of thioether (sulfide) groups is 1. The minimum atomic E-state index is -0.202. The molecule has 1 aliphatic rings. The quantitative estimate of drug-likeness (QED) is 0.599. The van der Waals surface area contributed by atoms with Gasteiger partial charge in [0.1, 0.15) is 5.75 Å². The van der Waals surface area contributed by atoms with Crippen LogP contribution >= 0.6 is 11.8 Å². The number of ketones is 1. The Kier molecular flexibility index (Phi) is 6.10. The van der Waals surface area contributed by atoms with Gasteiger partial charge in [-0.2, -0.15) is 0 Å². The van der Waals surface area contributed by atoms with Crippen molar-refractivity contribution < 1.29 is 14.6 Å². The van der Waals surface area contributed by atoms with Crippen molar-refractivity contribution in [2.75, 3.05) is 6.26 Å². The first kappa shape index (κ1) is 18.0. The predicted octanol–water partition coefficient (Wildman–Crippen LogP) is 4.72. The van der Waals surface area contributed by atoms with Crippen LogP contribution in [0.4, 0.5) is 0 Å². The third-order valence-corrected chi connectivity index (χ3v) is 5.34. The number of benzene rings is 1. The summed E-state index contributed by atoms with van der Waals surface area (Å²) >= 11 is 1.64. The molecule has 1 N–H and O–H groups in total. The number of carbonyl (C=O) groups excluding carboxylic acids is 1. The lowest BCUT2D eigenvalue weighted by Gasteiger charge is -2.24. The fourth-order valence-electron chi connectivity index (χ4n) is 3.18. The molecule has 1 heterocycles. The second kappa shape index (κ2) is 8.50. The highest BCUT2D eigenvalue weighted by Crippen LogP contribution is 2.31. The van der Waals surface area contributed by atoms with Crippen molar-refractivity contribution in [3.05, 3.63) is 48.2 Å². The fraction of sp³-hybridized carbons (Fsp3) is 0.400. The van der Waals surface area contributed by atoms with Gasteiger partial charge >= 0.3 is 0 Å². The Labute approximate surface area is 152 Å². The van der Waals surface area contributed by atoms with E-state index in [2.05, 4.69) is 4.98 Å². The number of rotatable bonds is 6. The average Bonchev–Trinajstić information content (AvgIpc) is 2.64. The van der Waals surface area contributed by atoms with Crippen LogP contribution in [0.1, 0.15) is 42.5 Å². The molecule has 0 unspecified atom stereocenters. The first-order chi connectivity index (χ1) is 12.2. The molecule has 0 spiro atoms. The molecule has 1 saturated carbocycles. The van der Waals surface area contributed by atoms with E-state index in [0.717, 1.165) is 30.6 Å². The van der Waals surface area contributed by atoms with Gasteiger partial charge in [-0.3, -0.25) is 4.79 Å². The van der Waals surface area contributed by atoms with E-state index < -0.39 is 0 Å². The molecule has 0 bridgehead atoms. The SMILES string of the molecule is CSc1cccc(Oc2ncccc2C(=O)CC2CCC(O)CC2)c1. The maximum absolute atomic E-state index is 12.7. The van der Waals surface area contributed by atoms with Crippen LogP contribution in [0.15, 0.2) is 47.5 Å². The molecule has 1 aliphatic carbocycles. The molecule has 1 aromatic carbocycles. The highest BCUT2D eigenvalue weighted by atomic mass is 32.2. The molecule has 0 amide bonds. The molecule has 0 aliphatic heterocycles. The number of hydrogen-bond donors (Lipinski definition) is 1. The van der Waals surface area contributed by atoms with E-state index >= 15 is 0 Å². The summed E-state index contributed by atoms with van der Waals surface area (Å²) in [5.74, 6) is 1.44. The molecule has 1 aromatic heterocycles. The Bertz CT molecular complexity index is 726. The Morgan fingerprint density at radius 1 is 1.24 bits per heavy atom. The Hall–Kier alpha value is -1.85. The molecule has 1 fully saturated rings. The highest BCUT2D eigenvalue weighted by molar-refractivity contribution is 7.98. The second-order valence-corrected chi connectivity index (χ2v) is 7.32. The molecule has 5 heteroatoms. The molecular formula is C20H23NO3S. The normalized spacial score (nSPS) is 20.2. The number of Topliss-reactive ketones (excluding diaryl/α,β-unsaturated/α-hetero) is 1. The van der Waals surface area contributed by atoms with E-state index in [4.69, 9.17) is 4.74 Å². The van der Waals surface area contributed by atoms with Crippen molar-refractivity contribution in [1.29, 1.82) is 0 Å². The van der Waals surface area contributed by atoms with Gasteiger partial charge in [0.05, 0.1) is 11.7 Å². The van der Waals surface area contributed by atoms with Gasteiger partial charge in [0, 0.05) is 17.5 Å². The summed E-state index contributed by atoms with van der Waals surface area (Å²) in [7, 11) is 0. The summed E-state index contributed by atoms with van der Waals surface area (Å²) in [5, 5.41) is 9.61. The summed E-state index contributed by atoms with van der Waals surface area (Å²) in [6, 6.07) is 11.3. The van der Waals surface area contributed by atoms with Crippen LogP contribution in [0.5, 0.6) is 11.6 Å². The van der Waals surface area contributed by atoms with Crippen molar-refractivity contribution in [3.63, 3.8) is 0 Å². The zero-order chi connectivity index (χ0) is 17.6. The topological polar surface area (TPSA) is 59.4 Å². The highest BCUT2D eigenvalue weighted by Gasteiger charge is 2.24. The molecule has 0 saturated heterocycles. The maximum Gasteiger partial charge on any atom is 0.230 e. The van der Waals surface area contributed by atoms with Gasteiger partial charge in [-0.15, -0.1) is 11.8 Å². The smallest absolute Gasteiger partial charge is 0.230 e. The number of ether oxygens (including phenoxy) is 1.